The minimum atomic E-state index is 0.568. The third-order valence-electron chi connectivity index (χ3n) is 3.32. The zero-order chi connectivity index (χ0) is 14.8. The molecule has 2 aromatic carbocycles. The average molecular weight is 279 g/mol. The van der Waals surface area contributed by atoms with E-state index in [1.807, 2.05) is 24.3 Å². The van der Waals surface area contributed by atoms with Gasteiger partial charge in [0.2, 0.25) is 0 Å². The van der Waals surface area contributed by atoms with Gasteiger partial charge in [0.25, 0.3) is 0 Å². The van der Waals surface area contributed by atoms with Gasteiger partial charge in [-0.15, -0.1) is 0 Å². The lowest BCUT2D eigenvalue weighted by Crippen LogP contribution is -2.29. The van der Waals surface area contributed by atoms with Crippen molar-refractivity contribution in [2.75, 3.05) is 25.0 Å². The zero-order valence-corrected chi connectivity index (χ0v) is 12.2. The normalized spacial score (nSPS) is 10.3. The fourth-order valence-corrected chi connectivity index (χ4v) is 2.23. The number of benzene rings is 2. The topological polar surface area (TPSA) is 39.1 Å². The van der Waals surface area contributed by atoms with E-state index in [9.17, 15) is 0 Å². The van der Waals surface area contributed by atoms with Gasteiger partial charge in [0.15, 0.2) is 0 Å². The molecule has 1 N–H and O–H groups in total. The fourth-order valence-electron chi connectivity index (χ4n) is 2.23. The van der Waals surface area contributed by atoms with Crippen LogP contribution >= 0.6 is 0 Å². The molecule has 0 heterocycles. The summed E-state index contributed by atoms with van der Waals surface area (Å²) < 4.78 is 0. The second-order valence-electron chi connectivity index (χ2n) is 4.96. The number of nitrogens with one attached hydrogen (secondary N) is 1. The molecule has 0 aromatic heterocycles. The molecule has 0 radical (unpaired) electrons. The van der Waals surface area contributed by atoms with E-state index in [4.69, 9.17) is 5.26 Å². The van der Waals surface area contributed by atoms with Crippen LogP contribution in [0.2, 0.25) is 0 Å². The van der Waals surface area contributed by atoms with Crippen LogP contribution in [0, 0.1) is 11.3 Å². The van der Waals surface area contributed by atoms with Crippen molar-refractivity contribution in [1.29, 1.82) is 5.26 Å². The van der Waals surface area contributed by atoms with Crippen LogP contribution in [-0.4, -0.2) is 24.5 Å². The van der Waals surface area contributed by atoms with E-state index in [1.54, 1.807) is 0 Å². The third kappa shape index (κ3) is 5.68. The summed E-state index contributed by atoms with van der Waals surface area (Å²) in [5, 5.41) is 12.2. The van der Waals surface area contributed by atoms with Gasteiger partial charge in [0.05, 0.1) is 6.07 Å². The van der Waals surface area contributed by atoms with Crippen LogP contribution in [0.25, 0.3) is 0 Å². The molecule has 0 atom stereocenters. The summed E-state index contributed by atoms with van der Waals surface area (Å²) in [6.45, 7) is 3.49. The predicted molar refractivity (Wildman–Crippen MR) is 86.9 cm³/mol. The molecule has 0 saturated heterocycles. The lowest BCUT2D eigenvalue weighted by atomic mass is 10.2. The summed E-state index contributed by atoms with van der Waals surface area (Å²) in [6, 6.07) is 22.8. The standard InChI is InChI=1S/C18H21N3/c19-12-7-14-21(16-17-8-3-1-4-9-17)15-13-20-18-10-5-2-6-11-18/h1-6,8-11,20H,7,13-16H2. The Morgan fingerprint density at radius 3 is 2.24 bits per heavy atom. The summed E-state index contributed by atoms with van der Waals surface area (Å²) in [6.07, 6.45) is 0.568. The minimum absolute atomic E-state index is 0.568. The summed E-state index contributed by atoms with van der Waals surface area (Å²) in [4.78, 5) is 2.31. The smallest absolute Gasteiger partial charge is 0.0635 e. The summed E-state index contributed by atoms with van der Waals surface area (Å²) in [7, 11) is 0. The maximum Gasteiger partial charge on any atom is 0.0635 e. The molecular weight excluding hydrogens is 258 g/mol. The maximum atomic E-state index is 8.79. The van der Waals surface area contributed by atoms with Gasteiger partial charge in [0, 0.05) is 38.3 Å². The fraction of sp³-hybridized carbons (Fsp3) is 0.278. The highest BCUT2D eigenvalue weighted by Gasteiger charge is 2.05. The van der Waals surface area contributed by atoms with Gasteiger partial charge in [-0.05, 0) is 17.7 Å². The van der Waals surface area contributed by atoms with Crippen molar-refractivity contribution >= 4 is 5.69 Å². The van der Waals surface area contributed by atoms with Crippen LogP contribution in [0.1, 0.15) is 12.0 Å². The molecule has 0 amide bonds. The van der Waals surface area contributed by atoms with Gasteiger partial charge in [-0.3, -0.25) is 4.90 Å². The van der Waals surface area contributed by atoms with E-state index in [1.165, 1.54) is 5.56 Å². The number of nitriles is 1. The van der Waals surface area contributed by atoms with Crippen molar-refractivity contribution in [3.63, 3.8) is 0 Å². The molecule has 21 heavy (non-hydrogen) atoms. The number of nitrogens with zero attached hydrogens (tertiary/aromatic N) is 2. The Morgan fingerprint density at radius 2 is 1.57 bits per heavy atom. The molecule has 2 rings (SSSR count). The summed E-state index contributed by atoms with van der Waals surface area (Å²) in [5.74, 6) is 0. The van der Waals surface area contributed by atoms with E-state index in [0.29, 0.717) is 6.42 Å². The van der Waals surface area contributed by atoms with Crippen LogP contribution in [0.4, 0.5) is 5.69 Å². The maximum absolute atomic E-state index is 8.79. The molecular formula is C18H21N3. The largest absolute Gasteiger partial charge is 0.384 e. The van der Waals surface area contributed by atoms with Gasteiger partial charge >= 0.3 is 0 Å². The van der Waals surface area contributed by atoms with Crippen LogP contribution in [0.15, 0.2) is 60.7 Å². The van der Waals surface area contributed by atoms with Gasteiger partial charge < -0.3 is 5.32 Å². The number of rotatable bonds is 8. The SMILES string of the molecule is N#CCCN(CCNc1ccccc1)Cc1ccccc1. The number of para-hydroxylation sites is 1. The van der Waals surface area contributed by atoms with Gasteiger partial charge in [-0.1, -0.05) is 48.5 Å². The highest BCUT2D eigenvalue weighted by atomic mass is 15.1. The first kappa shape index (κ1) is 15.1. The van der Waals surface area contributed by atoms with E-state index < -0.39 is 0 Å². The number of hydrogen-bond donors (Lipinski definition) is 1. The molecule has 3 heteroatoms. The Balaban J connectivity index is 1.83. The Morgan fingerprint density at radius 1 is 0.905 bits per heavy atom. The monoisotopic (exact) mass is 279 g/mol. The van der Waals surface area contributed by atoms with E-state index >= 15 is 0 Å². The molecule has 108 valence electrons. The molecule has 0 unspecified atom stereocenters. The molecule has 0 aliphatic heterocycles. The Labute approximate surface area is 126 Å². The second kappa shape index (κ2) is 8.78. The van der Waals surface area contributed by atoms with Crippen LogP contribution in [0.5, 0.6) is 0 Å². The molecule has 0 aliphatic carbocycles. The molecule has 0 fully saturated rings. The Bertz CT molecular complexity index is 546. The molecule has 2 aromatic rings. The van der Waals surface area contributed by atoms with Crippen molar-refractivity contribution in [1.82, 2.24) is 4.90 Å². The van der Waals surface area contributed by atoms with Gasteiger partial charge in [-0.2, -0.15) is 5.26 Å². The van der Waals surface area contributed by atoms with Crippen molar-refractivity contribution < 1.29 is 0 Å². The quantitative estimate of drug-likeness (QED) is 0.803. The van der Waals surface area contributed by atoms with Gasteiger partial charge in [0.1, 0.15) is 0 Å². The van der Waals surface area contributed by atoms with Crippen molar-refractivity contribution in [2.45, 2.75) is 13.0 Å². The first-order valence-electron chi connectivity index (χ1n) is 7.30. The third-order valence-corrected chi connectivity index (χ3v) is 3.32. The Kier molecular flexibility index (Phi) is 6.31. The molecule has 0 aliphatic rings. The number of anilines is 1. The molecule has 3 nitrogen and oxygen atoms in total. The first-order valence-corrected chi connectivity index (χ1v) is 7.30. The molecule has 0 saturated carbocycles. The number of hydrogen-bond acceptors (Lipinski definition) is 3. The van der Waals surface area contributed by atoms with E-state index in [0.717, 1.165) is 31.9 Å². The van der Waals surface area contributed by atoms with Gasteiger partial charge in [-0.25, -0.2) is 0 Å². The van der Waals surface area contributed by atoms with Crippen LogP contribution in [-0.2, 0) is 6.54 Å². The Hall–Kier alpha value is -2.31. The first-order chi connectivity index (χ1) is 10.4. The highest BCUT2D eigenvalue weighted by molar-refractivity contribution is 5.42. The highest BCUT2D eigenvalue weighted by Crippen LogP contribution is 2.07. The van der Waals surface area contributed by atoms with Crippen molar-refractivity contribution in [3.05, 3.63) is 66.2 Å². The van der Waals surface area contributed by atoms with Crippen LogP contribution < -0.4 is 5.32 Å². The lowest BCUT2D eigenvalue weighted by molar-refractivity contribution is 0.282. The van der Waals surface area contributed by atoms with E-state index in [2.05, 4.69) is 52.7 Å². The predicted octanol–water partition coefficient (Wildman–Crippen LogP) is 3.51. The lowest BCUT2D eigenvalue weighted by Gasteiger charge is -2.21. The summed E-state index contributed by atoms with van der Waals surface area (Å²) in [5.41, 5.74) is 2.42. The second-order valence-corrected chi connectivity index (χ2v) is 4.96. The van der Waals surface area contributed by atoms with E-state index in [-0.39, 0.29) is 0 Å². The van der Waals surface area contributed by atoms with Crippen molar-refractivity contribution in [2.24, 2.45) is 0 Å². The summed E-state index contributed by atoms with van der Waals surface area (Å²) >= 11 is 0. The molecule has 0 spiro atoms. The van der Waals surface area contributed by atoms with Crippen LogP contribution in [0.3, 0.4) is 0 Å². The average Bonchev–Trinajstić information content (AvgIpc) is 2.54. The zero-order valence-electron chi connectivity index (χ0n) is 12.2. The van der Waals surface area contributed by atoms with Crippen molar-refractivity contribution in [3.8, 4) is 6.07 Å². The molecule has 0 bridgehead atoms. The minimum Gasteiger partial charge on any atom is -0.384 e.